The molecule has 0 saturated carbocycles. The lowest BCUT2D eigenvalue weighted by Crippen LogP contribution is -2.45. The van der Waals surface area contributed by atoms with E-state index in [1.807, 2.05) is 6.08 Å². The Morgan fingerprint density at radius 2 is 0.722 bits per heavy atom. The van der Waals surface area contributed by atoms with Gasteiger partial charge in [0.05, 0.1) is 18.8 Å². The van der Waals surface area contributed by atoms with Gasteiger partial charge in [0.15, 0.2) is 0 Å². The van der Waals surface area contributed by atoms with Crippen LogP contribution in [0.15, 0.2) is 48.6 Å². The largest absolute Gasteiger partial charge is 0.394 e. The lowest BCUT2D eigenvalue weighted by atomic mass is 10.0. The standard InChI is InChI=1S/C50H93NO3/c1-3-5-7-9-11-13-15-17-19-21-23-25-26-27-29-31-33-35-37-39-41-43-45-49(53)48(47-52)51-50(54)46-44-42-40-38-36-34-32-30-28-24-22-20-18-16-14-12-10-8-6-4-2/h24,27-29,35,37,43,45,48-49,52-53H,3-23,25-26,30-34,36,38-42,44,46-47H2,1-2H3,(H,51,54)/b28-24-,29-27+,37-35+,45-43+. The zero-order valence-corrected chi connectivity index (χ0v) is 36.2. The first-order valence-electron chi connectivity index (χ1n) is 23.9. The molecule has 0 rings (SSSR count). The van der Waals surface area contributed by atoms with Crippen LogP contribution in [0.5, 0.6) is 0 Å². The van der Waals surface area contributed by atoms with Crippen LogP contribution in [0.2, 0.25) is 0 Å². The SMILES string of the molecule is CCCCCCCCCCC/C=C\CCCCCCCCCC(=O)NC(CO)C(O)/C=C/CC/C=C/CC/C=C/CCCCCCCCCCCCCC. The maximum absolute atomic E-state index is 12.4. The van der Waals surface area contributed by atoms with Crippen LogP contribution in [-0.4, -0.2) is 34.9 Å². The third-order valence-electron chi connectivity index (χ3n) is 10.8. The van der Waals surface area contributed by atoms with E-state index in [4.69, 9.17) is 0 Å². The summed E-state index contributed by atoms with van der Waals surface area (Å²) in [5.41, 5.74) is 0. The smallest absolute Gasteiger partial charge is 0.220 e. The number of hydrogen-bond acceptors (Lipinski definition) is 3. The molecular weight excluding hydrogens is 663 g/mol. The third kappa shape index (κ3) is 41.5. The van der Waals surface area contributed by atoms with E-state index in [-0.39, 0.29) is 12.5 Å². The Hall–Kier alpha value is -1.65. The Kier molecular flexibility index (Phi) is 44.3. The number of rotatable bonds is 43. The monoisotopic (exact) mass is 756 g/mol. The zero-order chi connectivity index (χ0) is 39.3. The molecular formula is C50H93NO3. The molecule has 0 aliphatic rings. The number of carbonyl (C=O) groups is 1. The number of allylic oxidation sites excluding steroid dienone is 7. The molecule has 0 aliphatic carbocycles. The fourth-order valence-corrected chi connectivity index (χ4v) is 7.09. The van der Waals surface area contributed by atoms with E-state index in [1.165, 1.54) is 186 Å². The maximum atomic E-state index is 12.4. The summed E-state index contributed by atoms with van der Waals surface area (Å²) in [6, 6.07) is -0.648. The predicted octanol–water partition coefficient (Wildman–Crippen LogP) is 15.1. The summed E-state index contributed by atoms with van der Waals surface area (Å²) in [7, 11) is 0. The zero-order valence-electron chi connectivity index (χ0n) is 36.2. The van der Waals surface area contributed by atoms with Crippen LogP contribution in [-0.2, 0) is 4.79 Å². The summed E-state index contributed by atoms with van der Waals surface area (Å²) in [6.07, 6.45) is 62.3. The van der Waals surface area contributed by atoms with Crippen molar-refractivity contribution >= 4 is 5.91 Å². The first-order chi connectivity index (χ1) is 26.7. The molecule has 0 fully saturated rings. The molecule has 2 unspecified atom stereocenters. The van der Waals surface area contributed by atoms with Crippen LogP contribution in [0.3, 0.4) is 0 Å². The predicted molar refractivity (Wildman–Crippen MR) is 239 cm³/mol. The lowest BCUT2D eigenvalue weighted by molar-refractivity contribution is -0.123. The second kappa shape index (κ2) is 45.7. The van der Waals surface area contributed by atoms with Crippen molar-refractivity contribution in [3.8, 4) is 0 Å². The van der Waals surface area contributed by atoms with E-state index in [1.54, 1.807) is 6.08 Å². The van der Waals surface area contributed by atoms with Gasteiger partial charge in [-0.1, -0.05) is 217 Å². The van der Waals surface area contributed by atoms with Crippen molar-refractivity contribution in [1.82, 2.24) is 5.32 Å². The minimum atomic E-state index is -0.872. The van der Waals surface area contributed by atoms with Crippen LogP contribution in [0.25, 0.3) is 0 Å². The van der Waals surface area contributed by atoms with Crippen LogP contribution >= 0.6 is 0 Å². The average molecular weight is 756 g/mol. The van der Waals surface area contributed by atoms with Crippen molar-refractivity contribution in [3.05, 3.63) is 48.6 Å². The highest BCUT2D eigenvalue weighted by Gasteiger charge is 2.17. The molecule has 0 heterocycles. The van der Waals surface area contributed by atoms with Crippen molar-refractivity contribution in [1.29, 1.82) is 0 Å². The highest BCUT2D eigenvalue weighted by Crippen LogP contribution is 2.14. The molecule has 0 aromatic carbocycles. The molecule has 0 aliphatic heterocycles. The van der Waals surface area contributed by atoms with Gasteiger partial charge in [-0.25, -0.2) is 0 Å². The molecule has 0 aromatic heterocycles. The molecule has 1 amide bonds. The summed E-state index contributed by atoms with van der Waals surface area (Å²) in [5, 5.41) is 23.0. The first-order valence-corrected chi connectivity index (χ1v) is 23.9. The molecule has 54 heavy (non-hydrogen) atoms. The fraction of sp³-hybridized carbons (Fsp3) is 0.820. The fourth-order valence-electron chi connectivity index (χ4n) is 7.09. The van der Waals surface area contributed by atoms with E-state index in [0.29, 0.717) is 6.42 Å². The molecule has 0 spiro atoms. The molecule has 4 nitrogen and oxygen atoms in total. The van der Waals surface area contributed by atoms with Gasteiger partial charge >= 0.3 is 0 Å². The van der Waals surface area contributed by atoms with Crippen LogP contribution in [0.1, 0.15) is 245 Å². The Balaban J connectivity index is 3.63. The van der Waals surface area contributed by atoms with E-state index in [2.05, 4.69) is 55.6 Å². The molecule has 0 aromatic rings. The third-order valence-corrected chi connectivity index (χ3v) is 10.8. The molecule has 4 heteroatoms. The lowest BCUT2D eigenvalue weighted by Gasteiger charge is -2.19. The van der Waals surface area contributed by atoms with Crippen LogP contribution in [0, 0.1) is 0 Å². The van der Waals surface area contributed by atoms with Gasteiger partial charge in [0, 0.05) is 6.42 Å². The minimum Gasteiger partial charge on any atom is -0.394 e. The normalized spacial score (nSPS) is 13.3. The second-order valence-electron chi connectivity index (χ2n) is 16.2. The van der Waals surface area contributed by atoms with Crippen molar-refractivity contribution in [2.24, 2.45) is 0 Å². The Morgan fingerprint density at radius 3 is 1.07 bits per heavy atom. The van der Waals surface area contributed by atoms with E-state index in [9.17, 15) is 15.0 Å². The van der Waals surface area contributed by atoms with Gasteiger partial charge in [0.1, 0.15) is 0 Å². The van der Waals surface area contributed by atoms with Gasteiger partial charge in [-0.2, -0.15) is 0 Å². The molecule has 0 bridgehead atoms. The number of nitrogens with one attached hydrogen (secondary N) is 1. The van der Waals surface area contributed by atoms with Crippen LogP contribution in [0.4, 0.5) is 0 Å². The van der Waals surface area contributed by atoms with Crippen molar-refractivity contribution < 1.29 is 15.0 Å². The maximum Gasteiger partial charge on any atom is 0.220 e. The van der Waals surface area contributed by atoms with Crippen molar-refractivity contribution in [2.45, 2.75) is 257 Å². The van der Waals surface area contributed by atoms with E-state index >= 15 is 0 Å². The quantitative estimate of drug-likeness (QED) is 0.0429. The number of aliphatic hydroxyl groups excluding tert-OH is 2. The highest BCUT2D eigenvalue weighted by atomic mass is 16.3. The molecule has 0 saturated heterocycles. The number of aliphatic hydroxyl groups is 2. The van der Waals surface area contributed by atoms with Gasteiger partial charge in [0.25, 0.3) is 0 Å². The summed E-state index contributed by atoms with van der Waals surface area (Å²) in [6.45, 7) is 4.30. The summed E-state index contributed by atoms with van der Waals surface area (Å²) in [4.78, 5) is 12.4. The summed E-state index contributed by atoms with van der Waals surface area (Å²) in [5.74, 6) is -0.0817. The van der Waals surface area contributed by atoms with Crippen molar-refractivity contribution in [3.63, 3.8) is 0 Å². The topological polar surface area (TPSA) is 69.6 Å². The van der Waals surface area contributed by atoms with E-state index < -0.39 is 12.1 Å². The molecule has 2 atom stereocenters. The second-order valence-corrected chi connectivity index (χ2v) is 16.2. The number of unbranched alkanes of at least 4 members (excludes halogenated alkanes) is 30. The Labute approximate surface area is 337 Å². The number of amides is 1. The molecule has 316 valence electrons. The van der Waals surface area contributed by atoms with Gasteiger partial charge in [-0.05, 0) is 70.6 Å². The molecule has 3 N–H and O–H groups in total. The Bertz CT molecular complexity index is 862. The summed E-state index contributed by atoms with van der Waals surface area (Å²) < 4.78 is 0. The molecule has 0 radical (unpaired) electrons. The van der Waals surface area contributed by atoms with Gasteiger partial charge in [0.2, 0.25) is 5.91 Å². The van der Waals surface area contributed by atoms with Crippen LogP contribution < -0.4 is 5.32 Å². The first kappa shape index (κ1) is 52.3. The number of carbonyl (C=O) groups excluding carboxylic acids is 1. The Morgan fingerprint density at radius 1 is 0.426 bits per heavy atom. The average Bonchev–Trinajstić information content (AvgIpc) is 3.18. The van der Waals surface area contributed by atoms with Crippen molar-refractivity contribution in [2.75, 3.05) is 6.61 Å². The highest BCUT2D eigenvalue weighted by molar-refractivity contribution is 5.76. The number of hydrogen-bond donors (Lipinski definition) is 3. The van der Waals surface area contributed by atoms with E-state index in [0.717, 1.165) is 38.5 Å². The minimum absolute atomic E-state index is 0.0817. The van der Waals surface area contributed by atoms with Gasteiger partial charge in [-0.15, -0.1) is 0 Å². The summed E-state index contributed by atoms with van der Waals surface area (Å²) >= 11 is 0. The van der Waals surface area contributed by atoms with Gasteiger partial charge < -0.3 is 15.5 Å². The van der Waals surface area contributed by atoms with Gasteiger partial charge in [-0.3, -0.25) is 4.79 Å².